The fourth-order valence-electron chi connectivity index (χ4n) is 6.03. The van der Waals surface area contributed by atoms with Gasteiger partial charge in [0.1, 0.15) is 16.3 Å². The van der Waals surface area contributed by atoms with Crippen LogP contribution in [0, 0.1) is 13.8 Å². The quantitative estimate of drug-likeness (QED) is 0.0947. The van der Waals surface area contributed by atoms with Crippen LogP contribution in [0.1, 0.15) is 69.0 Å². The first kappa shape index (κ1) is 40.4. The summed E-state index contributed by atoms with van der Waals surface area (Å²) in [7, 11) is 1.56. The average Bonchev–Trinajstić information content (AvgIpc) is 3.86. The molecule has 2 aliphatic rings. The van der Waals surface area contributed by atoms with E-state index in [1.165, 1.54) is 38.1 Å². The zero-order chi connectivity index (χ0) is 39.3. The number of carbonyl (C=O) groups is 5. The summed E-state index contributed by atoms with van der Waals surface area (Å²) in [4.78, 5) is 72.1. The van der Waals surface area contributed by atoms with Gasteiger partial charge in [0.25, 0.3) is 11.8 Å². The van der Waals surface area contributed by atoms with Crippen LogP contribution in [-0.4, -0.2) is 84.7 Å². The Morgan fingerprint density at radius 1 is 0.655 bits per heavy atom. The molecule has 2 fully saturated rings. The Labute approximate surface area is 327 Å². The second-order valence-electron chi connectivity index (χ2n) is 13.0. The highest BCUT2D eigenvalue weighted by Gasteiger charge is 2.19. The number of carboxylic acid groups (broad SMARTS) is 1. The predicted molar refractivity (Wildman–Crippen MR) is 217 cm³/mol. The summed E-state index contributed by atoms with van der Waals surface area (Å²) >= 11 is 2.10. The molecule has 6 amide bonds. The highest BCUT2D eigenvalue weighted by atomic mass is 32.1. The molecule has 4 aromatic rings. The summed E-state index contributed by atoms with van der Waals surface area (Å²) < 4.78 is 0. The topological polar surface area (TPSA) is 210 Å². The average molecular weight is 791 g/mol. The first-order valence-corrected chi connectivity index (χ1v) is 19.6. The first-order valence-electron chi connectivity index (χ1n) is 18.0. The molecule has 18 heteroatoms. The standard InChI is InChI=1S/C19H23N5O4S.C18H23N5O2S/c1-12-5-6-13(14(9-12)24-7-3-2-4-8-24)22-18(28)23-19-21-10-15(29-19)17(27)20-11-16(25)26;1-12-6-7-13(14(10-12)23-8-4-3-5-9-23)21-17(25)22-18-20-11-15(26-18)16(24)19-2/h5-6,9-10H,2-4,7-8,11H2,1H3,(H,20,27)(H,25,26)(H2,21,22,23,28);6-7,10-11H,3-5,8-9H2,1-2H3,(H,19,24)(H2,20,21,22,25). The van der Waals surface area contributed by atoms with E-state index in [4.69, 9.17) is 5.11 Å². The molecular formula is C37H46N10O6S2. The molecule has 0 unspecified atom stereocenters. The number of nitrogens with zero attached hydrogens (tertiary/aromatic N) is 4. The van der Waals surface area contributed by atoms with Gasteiger partial charge in [-0.1, -0.05) is 34.8 Å². The second-order valence-corrected chi connectivity index (χ2v) is 15.1. The Kier molecular flexibility index (Phi) is 14.4. The number of thiazole rings is 2. The fourth-order valence-corrected chi connectivity index (χ4v) is 7.51. The van der Waals surface area contributed by atoms with Gasteiger partial charge in [-0.15, -0.1) is 0 Å². The minimum atomic E-state index is -1.14. The number of aromatic nitrogens is 2. The molecule has 0 saturated carbocycles. The van der Waals surface area contributed by atoms with Gasteiger partial charge in [-0.25, -0.2) is 19.6 Å². The molecule has 7 N–H and O–H groups in total. The summed E-state index contributed by atoms with van der Waals surface area (Å²) in [5.41, 5.74) is 5.81. The van der Waals surface area contributed by atoms with Gasteiger partial charge in [-0.05, 0) is 87.8 Å². The van der Waals surface area contributed by atoms with Crippen molar-refractivity contribution < 1.29 is 29.1 Å². The van der Waals surface area contributed by atoms with Gasteiger partial charge in [-0.3, -0.25) is 25.0 Å². The summed E-state index contributed by atoms with van der Waals surface area (Å²) in [5, 5.41) is 25.1. The molecule has 6 rings (SSSR count). The van der Waals surface area contributed by atoms with E-state index in [-0.39, 0.29) is 21.9 Å². The Morgan fingerprint density at radius 3 is 1.51 bits per heavy atom. The van der Waals surface area contributed by atoms with E-state index in [0.29, 0.717) is 15.7 Å². The molecule has 2 aromatic heterocycles. The predicted octanol–water partition coefficient (Wildman–Crippen LogP) is 6.35. The third kappa shape index (κ3) is 11.9. The van der Waals surface area contributed by atoms with Crippen molar-refractivity contribution in [2.45, 2.75) is 52.4 Å². The summed E-state index contributed by atoms with van der Waals surface area (Å²) in [6.07, 6.45) is 9.81. The number of hydrogen-bond acceptors (Lipinski definition) is 11. The van der Waals surface area contributed by atoms with Crippen LogP contribution in [0.15, 0.2) is 48.8 Å². The molecule has 0 aliphatic carbocycles. The minimum absolute atomic E-state index is 0.214. The van der Waals surface area contributed by atoms with Crippen molar-refractivity contribution in [3.8, 4) is 0 Å². The van der Waals surface area contributed by atoms with E-state index in [0.717, 1.165) is 89.9 Å². The third-order valence-corrected chi connectivity index (χ3v) is 10.5. The SMILES string of the molecule is CNC(=O)c1cnc(NC(=O)Nc2ccc(C)cc2N2CCCCC2)s1.Cc1ccc(NC(=O)Nc2ncc(C(=O)NCC(=O)O)s2)c(N2CCCCC2)c1. The molecule has 0 atom stereocenters. The molecule has 292 valence electrons. The summed E-state index contributed by atoms with van der Waals surface area (Å²) in [6, 6.07) is 11.1. The number of urea groups is 2. The maximum absolute atomic E-state index is 12.4. The molecule has 0 spiro atoms. The monoisotopic (exact) mass is 790 g/mol. The number of piperidine rings is 2. The highest BCUT2D eigenvalue weighted by molar-refractivity contribution is 7.18. The van der Waals surface area contributed by atoms with Crippen molar-refractivity contribution in [2.75, 3.05) is 70.8 Å². The van der Waals surface area contributed by atoms with Crippen molar-refractivity contribution in [1.82, 2.24) is 20.6 Å². The number of aliphatic carboxylic acids is 1. The Balaban J connectivity index is 0.000000212. The Bertz CT molecular complexity index is 1990. The number of aryl methyl sites for hydroxylation is 2. The van der Waals surface area contributed by atoms with Crippen LogP contribution in [0.3, 0.4) is 0 Å². The van der Waals surface area contributed by atoms with Crippen LogP contribution in [0.2, 0.25) is 0 Å². The van der Waals surface area contributed by atoms with Crippen LogP contribution in [0.25, 0.3) is 0 Å². The second kappa shape index (κ2) is 19.5. The van der Waals surface area contributed by atoms with Gasteiger partial charge in [0, 0.05) is 33.2 Å². The molecule has 0 radical (unpaired) electrons. The smallest absolute Gasteiger partial charge is 0.325 e. The maximum atomic E-state index is 12.4. The lowest BCUT2D eigenvalue weighted by Crippen LogP contribution is -2.31. The molecular weight excluding hydrogens is 745 g/mol. The van der Waals surface area contributed by atoms with Gasteiger partial charge < -0.3 is 36.2 Å². The van der Waals surface area contributed by atoms with Crippen LogP contribution in [0.5, 0.6) is 0 Å². The first-order chi connectivity index (χ1) is 26.5. The number of rotatable bonds is 10. The number of nitrogens with one attached hydrogen (secondary N) is 6. The molecule has 55 heavy (non-hydrogen) atoms. The highest BCUT2D eigenvalue weighted by Crippen LogP contribution is 2.31. The molecule has 2 aliphatic heterocycles. The largest absolute Gasteiger partial charge is 0.480 e. The van der Waals surface area contributed by atoms with E-state index < -0.39 is 24.5 Å². The zero-order valence-electron chi connectivity index (χ0n) is 31.0. The number of benzene rings is 2. The van der Waals surface area contributed by atoms with Crippen molar-refractivity contribution in [3.05, 3.63) is 69.7 Å². The number of hydrogen-bond donors (Lipinski definition) is 7. The van der Waals surface area contributed by atoms with Crippen LogP contribution >= 0.6 is 22.7 Å². The van der Waals surface area contributed by atoms with Crippen LogP contribution in [-0.2, 0) is 4.79 Å². The van der Waals surface area contributed by atoms with Crippen molar-refractivity contribution in [3.63, 3.8) is 0 Å². The van der Waals surface area contributed by atoms with Gasteiger partial charge >= 0.3 is 18.0 Å². The molecule has 4 heterocycles. The lowest BCUT2D eigenvalue weighted by Gasteiger charge is -2.30. The lowest BCUT2D eigenvalue weighted by atomic mass is 10.1. The molecule has 2 aromatic carbocycles. The van der Waals surface area contributed by atoms with Crippen molar-refractivity contribution in [1.29, 1.82) is 0 Å². The number of amides is 6. The Hall–Kier alpha value is -5.75. The van der Waals surface area contributed by atoms with E-state index >= 15 is 0 Å². The van der Waals surface area contributed by atoms with E-state index in [9.17, 15) is 24.0 Å². The zero-order valence-corrected chi connectivity index (χ0v) is 32.6. The molecule has 16 nitrogen and oxygen atoms in total. The van der Waals surface area contributed by atoms with Gasteiger partial charge in [-0.2, -0.15) is 0 Å². The van der Waals surface area contributed by atoms with Gasteiger partial charge in [0.05, 0.1) is 35.1 Å². The van der Waals surface area contributed by atoms with Crippen molar-refractivity contribution >= 4 is 85.5 Å². The van der Waals surface area contributed by atoms with Gasteiger partial charge in [0.2, 0.25) is 0 Å². The fraction of sp³-hybridized carbons (Fsp3) is 0.378. The third-order valence-electron chi connectivity index (χ3n) is 8.72. The van der Waals surface area contributed by atoms with Crippen LogP contribution in [0.4, 0.5) is 42.6 Å². The maximum Gasteiger partial charge on any atom is 0.325 e. The molecule has 2 saturated heterocycles. The normalized spacial score (nSPS) is 13.8. The number of anilines is 6. The minimum Gasteiger partial charge on any atom is -0.480 e. The van der Waals surface area contributed by atoms with E-state index in [2.05, 4.69) is 63.8 Å². The van der Waals surface area contributed by atoms with Crippen LogP contribution < -0.4 is 41.7 Å². The summed E-state index contributed by atoms with van der Waals surface area (Å²) in [6.45, 7) is 7.51. The molecule has 0 bridgehead atoms. The van der Waals surface area contributed by atoms with Gasteiger partial charge in [0.15, 0.2) is 10.3 Å². The Morgan fingerprint density at radius 2 is 1.09 bits per heavy atom. The van der Waals surface area contributed by atoms with E-state index in [1.807, 2.05) is 38.1 Å². The summed E-state index contributed by atoms with van der Waals surface area (Å²) in [5.74, 6) is -1.91. The number of carbonyl (C=O) groups excluding carboxylic acids is 4. The number of carboxylic acids is 1. The van der Waals surface area contributed by atoms with E-state index in [1.54, 1.807) is 7.05 Å². The lowest BCUT2D eigenvalue weighted by molar-refractivity contribution is -0.135. The van der Waals surface area contributed by atoms with Crippen molar-refractivity contribution in [2.24, 2.45) is 0 Å².